The van der Waals surface area contributed by atoms with Gasteiger partial charge >= 0.3 is 0 Å². The summed E-state index contributed by atoms with van der Waals surface area (Å²) in [6, 6.07) is 0. The lowest BCUT2D eigenvalue weighted by Gasteiger charge is -2.14. The van der Waals surface area contributed by atoms with Crippen molar-refractivity contribution in [1.29, 1.82) is 0 Å². The van der Waals surface area contributed by atoms with Crippen LogP contribution in [0.5, 0.6) is 0 Å². The highest BCUT2D eigenvalue weighted by atomic mass is 16.3. The molecule has 1 aliphatic heterocycles. The highest BCUT2D eigenvalue weighted by Crippen LogP contribution is 2.24. The van der Waals surface area contributed by atoms with Crippen molar-refractivity contribution >= 4 is 5.69 Å². The molecule has 0 aromatic carbocycles. The third-order valence-electron chi connectivity index (χ3n) is 2.28. The Labute approximate surface area is 71.2 Å². The molecular weight excluding hydrogens is 154 g/mol. The minimum absolute atomic E-state index is 0.0240. The maximum Gasteiger partial charge on any atom is 0.111 e. The monoisotopic (exact) mass is 167 g/mol. The van der Waals surface area contributed by atoms with E-state index in [2.05, 4.69) is 10.4 Å². The molecule has 2 rings (SSSR count). The molecule has 1 aliphatic rings. The Bertz CT molecular complexity index is 293. The van der Waals surface area contributed by atoms with Gasteiger partial charge in [-0.05, 0) is 12.8 Å². The lowest BCUT2D eigenvalue weighted by molar-refractivity contribution is 0.276. The summed E-state index contributed by atoms with van der Waals surface area (Å²) >= 11 is 0. The summed E-state index contributed by atoms with van der Waals surface area (Å²) in [5, 5.41) is 16.5. The molecule has 0 fully saturated rings. The van der Waals surface area contributed by atoms with E-state index in [-0.39, 0.29) is 6.61 Å². The van der Waals surface area contributed by atoms with Crippen molar-refractivity contribution < 1.29 is 5.11 Å². The zero-order valence-electron chi connectivity index (χ0n) is 7.17. The molecule has 1 aromatic rings. The minimum atomic E-state index is 0.0240. The van der Waals surface area contributed by atoms with Crippen molar-refractivity contribution in [2.24, 2.45) is 7.05 Å². The van der Waals surface area contributed by atoms with Gasteiger partial charge < -0.3 is 10.4 Å². The van der Waals surface area contributed by atoms with Crippen molar-refractivity contribution in [3.63, 3.8) is 0 Å². The van der Waals surface area contributed by atoms with Crippen LogP contribution in [0.15, 0.2) is 0 Å². The number of aliphatic hydroxyl groups is 1. The number of nitrogens with one attached hydrogen (secondary N) is 1. The quantitative estimate of drug-likeness (QED) is 0.631. The predicted molar refractivity (Wildman–Crippen MR) is 45.9 cm³/mol. The Morgan fingerprint density at radius 3 is 3.25 bits per heavy atom. The largest absolute Gasteiger partial charge is 0.390 e. The van der Waals surface area contributed by atoms with Crippen LogP contribution in [0.1, 0.15) is 17.8 Å². The molecule has 0 saturated carbocycles. The third kappa shape index (κ3) is 0.992. The Morgan fingerprint density at radius 1 is 1.67 bits per heavy atom. The highest BCUT2D eigenvalue weighted by molar-refractivity contribution is 5.54. The van der Waals surface area contributed by atoms with Crippen molar-refractivity contribution in [3.8, 4) is 0 Å². The molecular formula is C8H13N3O. The molecule has 2 heterocycles. The normalized spacial score (nSPS) is 15.5. The molecule has 4 heteroatoms. The van der Waals surface area contributed by atoms with Gasteiger partial charge in [0.1, 0.15) is 5.69 Å². The van der Waals surface area contributed by atoms with Crippen LogP contribution in [-0.4, -0.2) is 21.4 Å². The maximum absolute atomic E-state index is 8.99. The van der Waals surface area contributed by atoms with Crippen LogP contribution >= 0.6 is 0 Å². The number of fused-ring (bicyclic) bond motifs is 1. The molecule has 0 bridgehead atoms. The van der Waals surface area contributed by atoms with Gasteiger partial charge in [0.25, 0.3) is 0 Å². The molecule has 0 radical (unpaired) electrons. The van der Waals surface area contributed by atoms with Crippen LogP contribution < -0.4 is 5.32 Å². The summed E-state index contributed by atoms with van der Waals surface area (Å²) in [4.78, 5) is 0. The van der Waals surface area contributed by atoms with Crippen LogP contribution in [0.25, 0.3) is 0 Å². The van der Waals surface area contributed by atoms with Gasteiger partial charge in [-0.1, -0.05) is 0 Å². The summed E-state index contributed by atoms with van der Waals surface area (Å²) in [7, 11) is 1.92. The van der Waals surface area contributed by atoms with Crippen LogP contribution in [0.2, 0.25) is 0 Å². The highest BCUT2D eigenvalue weighted by Gasteiger charge is 2.17. The fourth-order valence-corrected chi connectivity index (χ4v) is 1.69. The molecule has 4 nitrogen and oxygen atoms in total. The van der Waals surface area contributed by atoms with Gasteiger partial charge in [0, 0.05) is 13.6 Å². The van der Waals surface area contributed by atoms with Gasteiger partial charge in [0.2, 0.25) is 0 Å². The number of anilines is 1. The van der Waals surface area contributed by atoms with Gasteiger partial charge in [-0.15, -0.1) is 0 Å². The fourth-order valence-electron chi connectivity index (χ4n) is 1.69. The van der Waals surface area contributed by atoms with E-state index in [0.29, 0.717) is 0 Å². The van der Waals surface area contributed by atoms with E-state index < -0.39 is 0 Å². The Hall–Kier alpha value is -1.03. The van der Waals surface area contributed by atoms with Crippen molar-refractivity contribution in [2.45, 2.75) is 19.4 Å². The van der Waals surface area contributed by atoms with Crippen LogP contribution in [-0.2, 0) is 20.1 Å². The first-order valence-corrected chi connectivity index (χ1v) is 4.22. The third-order valence-corrected chi connectivity index (χ3v) is 2.28. The summed E-state index contributed by atoms with van der Waals surface area (Å²) in [6.07, 6.45) is 2.21. The van der Waals surface area contributed by atoms with Crippen molar-refractivity contribution in [1.82, 2.24) is 9.78 Å². The van der Waals surface area contributed by atoms with Crippen LogP contribution in [0.4, 0.5) is 5.69 Å². The zero-order chi connectivity index (χ0) is 8.55. The van der Waals surface area contributed by atoms with E-state index >= 15 is 0 Å². The number of aliphatic hydroxyl groups excluding tert-OH is 1. The van der Waals surface area contributed by atoms with Gasteiger partial charge in [0.15, 0.2) is 0 Å². The topological polar surface area (TPSA) is 50.1 Å². The Balaban J connectivity index is 2.47. The number of hydrogen-bond donors (Lipinski definition) is 2. The number of aromatic nitrogens is 2. The molecule has 0 amide bonds. The lowest BCUT2D eigenvalue weighted by atomic mass is 10.1. The van der Waals surface area contributed by atoms with E-state index in [1.54, 1.807) is 0 Å². The molecule has 0 atom stereocenters. The number of aryl methyl sites for hydroxylation is 1. The molecule has 0 saturated heterocycles. The Kier molecular flexibility index (Phi) is 1.77. The lowest BCUT2D eigenvalue weighted by Crippen LogP contribution is -2.13. The molecule has 0 aliphatic carbocycles. The zero-order valence-corrected chi connectivity index (χ0v) is 7.17. The second kappa shape index (κ2) is 2.79. The van der Waals surface area contributed by atoms with E-state index in [9.17, 15) is 0 Å². The Morgan fingerprint density at radius 2 is 2.50 bits per heavy atom. The first-order valence-electron chi connectivity index (χ1n) is 4.22. The summed E-state index contributed by atoms with van der Waals surface area (Å²) in [5.74, 6) is 0. The second-order valence-electron chi connectivity index (χ2n) is 3.08. The maximum atomic E-state index is 8.99. The van der Waals surface area contributed by atoms with Crippen LogP contribution in [0, 0.1) is 0 Å². The number of hydrogen-bond acceptors (Lipinski definition) is 3. The molecule has 0 spiro atoms. The van der Waals surface area contributed by atoms with E-state index in [0.717, 1.165) is 30.8 Å². The summed E-state index contributed by atoms with van der Waals surface area (Å²) in [6.45, 7) is 1.02. The van der Waals surface area contributed by atoms with Gasteiger partial charge in [-0.25, -0.2) is 0 Å². The van der Waals surface area contributed by atoms with Gasteiger partial charge in [-0.2, -0.15) is 5.10 Å². The number of nitrogens with zero attached hydrogens (tertiary/aromatic N) is 2. The van der Waals surface area contributed by atoms with E-state index in [1.807, 2.05) is 11.7 Å². The molecule has 2 N–H and O–H groups in total. The summed E-state index contributed by atoms with van der Waals surface area (Å²) < 4.78 is 1.85. The van der Waals surface area contributed by atoms with Crippen molar-refractivity contribution in [2.75, 3.05) is 11.9 Å². The van der Waals surface area contributed by atoms with Gasteiger partial charge in [0.05, 0.1) is 18.0 Å². The molecule has 66 valence electrons. The molecule has 1 aromatic heterocycles. The van der Waals surface area contributed by atoms with Crippen molar-refractivity contribution in [3.05, 3.63) is 11.4 Å². The minimum Gasteiger partial charge on any atom is -0.390 e. The molecule has 0 unspecified atom stereocenters. The fraction of sp³-hybridized carbons (Fsp3) is 0.625. The molecule has 12 heavy (non-hydrogen) atoms. The summed E-state index contributed by atoms with van der Waals surface area (Å²) in [5.41, 5.74) is 3.03. The average molecular weight is 167 g/mol. The smallest absolute Gasteiger partial charge is 0.111 e. The number of rotatable bonds is 1. The standard InChI is InChI=1S/C8H13N3O/c1-11-7-3-2-4-9-8(7)6(5-12)10-11/h9,12H,2-5H2,1H3. The first-order chi connectivity index (χ1) is 5.83. The SMILES string of the molecule is Cn1nc(CO)c2c1CCCN2. The second-order valence-corrected chi connectivity index (χ2v) is 3.08. The van der Waals surface area contributed by atoms with Gasteiger partial charge in [-0.3, -0.25) is 4.68 Å². The average Bonchev–Trinajstić information content (AvgIpc) is 2.44. The first kappa shape index (κ1) is 7.61. The van der Waals surface area contributed by atoms with E-state index in [4.69, 9.17) is 5.11 Å². The predicted octanol–water partition coefficient (Wildman–Crippen LogP) is 0.271. The van der Waals surface area contributed by atoms with Crippen LogP contribution in [0.3, 0.4) is 0 Å². The van der Waals surface area contributed by atoms with E-state index in [1.165, 1.54) is 5.69 Å².